The predicted molar refractivity (Wildman–Crippen MR) is 603 cm³/mol. The second-order valence-corrected chi connectivity index (χ2v) is 36.4. The van der Waals surface area contributed by atoms with Crippen LogP contribution in [0.25, 0.3) is 278 Å². The number of pyridine rings is 6. The van der Waals surface area contributed by atoms with Gasteiger partial charge in [0.25, 0.3) is 0 Å². The first kappa shape index (κ1) is 87.9. The molecule has 28 rings (SSSR count). The van der Waals surface area contributed by atoms with Crippen molar-refractivity contribution in [3.63, 3.8) is 0 Å². The summed E-state index contributed by atoms with van der Waals surface area (Å²) in [7, 11) is 0. The van der Waals surface area contributed by atoms with Crippen LogP contribution in [0.3, 0.4) is 0 Å². The van der Waals surface area contributed by atoms with Crippen LogP contribution in [0.1, 0.15) is 0 Å². The summed E-state index contributed by atoms with van der Waals surface area (Å²) in [6.07, 6.45) is 11.2. The zero-order valence-electron chi connectivity index (χ0n) is 79.6. The Balaban J connectivity index is 0.000000112. The van der Waals surface area contributed by atoms with Crippen LogP contribution >= 0.6 is 0 Å². The van der Waals surface area contributed by atoms with E-state index in [0.717, 1.165) is 209 Å². The van der Waals surface area contributed by atoms with E-state index in [1.165, 1.54) is 16.2 Å². The molecule has 15 heteroatoms. The molecule has 0 spiro atoms. The number of hydrogen-bond acceptors (Lipinski definition) is 15. The maximum absolute atomic E-state index is 5.17. The molecule has 9 heterocycles. The first-order chi connectivity index (χ1) is 73.3. The molecule has 0 saturated carbocycles. The Morgan fingerprint density at radius 1 is 0.101 bits per heavy atom. The van der Waals surface area contributed by atoms with Crippen LogP contribution in [0.15, 0.2) is 504 Å². The normalized spacial score (nSPS) is 11.4. The van der Waals surface area contributed by atoms with Crippen LogP contribution in [-0.4, -0.2) is 74.8 Å². The van der Waals surface area contributed by atoms with E-state index in [-0.39, 0.29) is 0 Å². The van der Waals surface area contributed by atoms with Crippen molar-refractivity contribution in [1.82, 2.24) is 74.8 Å². The monoisotopic (exact) mass is 1890 g/mol. The smallest absolute Gasteiger partial charge is 0.164 e. The highest BCUT2D eigenvalue weighted by atomic mass is 15.1. The van der Waals surface area contributed by atoms with Crippen LogP contribution in [0.5, 0.6) is 0 Å². The van der Waals surface area contributed by atoms with E-state index in [2.05, 4.69) is 412 Å². The highest BCUT2D eigenvalue weighted by Gasteiger charge is 2.23. The minimum Gasteiger partial charge on any atom is -0.256 e. The fraction of sp³-hybridized carbons (Fsp3) is 0. The Bertz CT molecular complexity index is 9520. The molecule has 0 saturated heterocycles. The molecule has 0 fully saturated rings. The first-order valence-electron chi connectivity index (χ1n) is 49.2. The number of nitrogens with zero attached hydrogens (tertiary/aromatic N) is 15. The Morgan fingerprint density at radius 2 is 0.318 bits per heavy atom. The van der Waals surface area contributed by atoms with Crippen molar-refractivity contribution < 1.29 is 0 Å². The maximum atomic E-state index is 5.17. The van der Waals surface area contributed by atoms with Gasteiger partial charge in [-0.2, -0.15) is 0 Å². The van der Waals surface area contributed by atoms with E-state index < -0.39 is 0 Å². The molecule has 0 aliphatic carbocycles. The van der Waals surface area contributed by atoms with Gasteiger partial charge < -0.3 is 0 Å². The van der Waals surface area contributed by atoms with E-state index in [9.17, 15) is 0 Å². The second kappa shape index (κ2) is 38.6. The van der Waals surface area contributed by atoms with E-state index in [1.807, 2.05) is 122 Å². The lowest BCUT2D eigenvalue weighted by molar-refractivity contribution is 1.07. The highest BCUT2D eigenvalue weighted by Crippen LogP contribution is 2.42. The molecule has 0 atom stereocenters. The van der Waals surface area contributed by atoms with Gasteiger partial charge >= 0.3 is 0 Å². The van der Waals surface area contributed by atoms with E-state index in [4.69, 9.17) is 44.9 Å². The summed E-state index contributed by atoms with van der Waals surface area (Å²) in [4.78, 5) is 72.9. The van der Waals surface area contributed by atoms with Gasteiger partial charge in [0.05, 0.1) is 33.1 Å². The largest absolute Gasteiger partial charge is 0.256 e. The van der Waals surface area contributed by atoms with Gasteiger partial charge in [0.1, 0.15) is 0 Å². The van der Waals surface area contributed by atoms with Gasteiger partial charge in [0.15, 0.2) is 52.4 Å². The summed E-state index contributed by atoms with van der Waals surface area (Å²) >= 11 is 0. The number of rotatable bonds is 15. The van der Waals surface area contributed by atoms with Crippen LogP contribution in [-0.2, 0) is 0 Å². The van der Waals surface area contributed by atoms with Crippen molar-refractivity contribution in [2.45, 2.75) is 0 Å². The Labute approximate surface area is 851 Å². The summed E-state index contributed by atoms with van der Waals surface area (Å²) in [5.41, 5.74) is 27.7. The molecule has 0 unspecified atom stereocenters. The van der Waals surface area contributed by atoms with Crippen molar-refractivity contribution >= 4 is 109 Å². The average molecular weight is 1890 g/mol. The van der Waals surface area contributed by atoms with Gasteiger partial charge in [0, 0.05) is 120 Å². The van der Waals surface area contributed by atoms with Crippen molar-refractivity contribution in [3.8, 4) is 169 Å². The summed E-state index contributed by atoms with van der Waals surface area (Å²) in [5.74, 6) is 5.64. The van der Waals surface area contributed by atoms with Gasteiger partial charge in [-0.05, 0) is 195 Å². The molecule has 28 aromatic rings. The van der Waals surface area contributed by atoms with Crippen LogP contribution in [0.4, 0.5) is 0 Å². The molecule has 0 N–H and O–H groups in total. The zero-order chi connectivity index (χ0) is 98.2. The lowest BCUT2D eigenvalue weighted by atomic mass is 9.96. The highest BCUT2D eigenvalue weighted by molar-refractivity contribution is 6.14. The fourth-order valence-electron chi connectivity index (χ4n) is 20.1. The molecule has 15 nitrogen and oxygen atoms in total. The standard InChI is InChI=1S/C47H29N5.2C43H27N5/c1-2-10-35-34(9-1)29-42(39-12-4-3-11-38(35)39)47-51-45(32-21-17-30(18-22-32)36-25-27-48-43-15-7-5-13-40(36)43)50-46(52-47)33-23-19-31(20-24-33)37-26-28-49-44-16-8-6-14-41(37)44;1-2-10-33-28(8-1)9-7-13-38(33)43-47-41(31-20-16-29(17-21-31)34-24-26-44-39-14-5-3-11-36(34)39)46-42(48-43)32-22-18-30(19-23-32)35-25-27-45-40-15-6-4-12-37(35)40;1-2-8-33-27-34(22-13-28(33)7-1)43-47-41(31-18-14-29(15-19-31)35-23-25-44-39-11-5-3-9-37(35)39)46-42(48-43)32-20-16-30(17-21-32)36-24-26-45-40-12-6-4-10-38(36)40/h1-29H;2*1-27H. The molecule has 0 amide bonds. The number of aromatic nitrogens is 15. The van der Waals surface area contributed by atoms with Crippen LogP contribution in [0.2, 0.25) is 0 Å². The van der Waals surface area contributed by atoms with Gasteiger partial charge in [-0.3, -0.25) is 29.9 Å². The van der Waals surface area contributed by atoms with Gasteiger partial charge in [-0.1, -0.05) is 382 Å². The molecule has 148 heavy (non-hydrogen) atoms. The molecular weight excluding hydrogens is 1810 g/mol. The summed E-state index contributed by atoms with van der Waals surface area (Å²) in [6, 6.07) is 161. The first-order valence-corrected chi connectivity index (χ1v) is 49.2. The zero-order valence-corrected chi connectivity index (χ0v) is 79.6. The summed E-state index contributed by atoms with van der Waals surface area (Å²) in [5, 5.41) is 15.9. The van der Waals surface area contributed by atoms with E-state index >= 15 is 0 Å². The minimum atomic E-state index is 0.618. The Morgan fingerprint density at radius 3 is 0.635 bits per heavy atom. The lowest BCUT2D eigenvalue weighted by Gasteiger charge is -2.13. The topological polar surface area (TPSA) is 193 Å². The summed E-state index contributed by atoms with van der Waals surface area (Å²) < 4.78 is 0. The van der Waals surface area contributed by atoms with Crippen molar-refractivity contribution in [3.05, 3.63) is 504 Å². The molecule has 0 aliphatic heterocycles. The van der Waals surface area contributed by atoms with Crippen molar-refractivity contribution in [2.75, 3.05) is 0 Å². The fourth-order valence-corrected chi connectivity index (χ4v) is 20.1. The lowest BCUT2D eigenvalue weighted by Crippen LogP contribution is -2.01. The quantitative estimate of drug-likeness (QED) is 0.0879. The van der Waals surface area contributed by atoms with Gasteiger partial charge in [-0.15, -0.1) is 0 Å². The van der Waals surface area contributed by atoms with Crippen LogP contribution in [0, 0.1) is 0 Å². The molecular formula is C133H83N15. The van der Waals surface area contributed by atoms with Crippen molar-refractivity contribution in [1.29, 1.82) is 0 Å². The number of para-hydroxylation sites is 6. The third kappa shape index (κ3) is 17.2. The molecule has 0 bridgehead atoms. The number of hydrogen-bond donors (Lipinski definition) is 0. The third-order valence-corrected chi connectivity index (χ3v) is 27.6. The van der Waals surface area contributed by atoms with Gasteiger partial charge in [0.2, 0.25) is 0 Å². The second-order valence-electron chi connectivity index (χ2n) is 36.4. The maximum Gasteiger partial charge on any atom is 0.164 e. The number of fused-ring (bicyclic) bond motifs is 11. The van der Waals surface area contributed by atoms with Crippen molar-refractivity contribution in [2.24, 2.45) is 0 Å². The molecule has 19 aromatic carbocycles. The Kier molecular flexibility index (Phi) is 22.9. The molecule has 0 radical (unpaired) electrons. The van der Waals surface area contributed by atoms with E-state index in [1.54, 1.807) is 0 Å². The number of benzene rings is 19. The Hall–Kier alpha value is -20.3. The van der Waals surface area contributed by atoms with Crippen LogP contribution < -0.4 is 0 Å². The van der Waals surface area contributed by atoms with Gasteiger partial charge in [-0.25, -0.2) is 44.9 Å². The molecule has 690 valence electrons. The summed E-state index contributed by atoms with van der Waals surface area (Å²) in [6.45, 7) is 0. The molecule has 0 aliphatic rings. The molecule has 9 aromatic heterocycles. The minimum absolute atomic E-state index is 0.618. The predicted octanol–water partition coefficient (Wildman–Crippen LogP) is 32.5. The van der Waals surface area contributed by atoms with E-state index in [0.29, 0.717) is 52.4 Å². The average Bonchev–Trinajstić information content (AvgIpc) is 0.753. The third-order valence-electron chi connectivity index (χ3n) is 27.6. The SMILES string of the molecule is c1ccc2c(-c3nc(-c4ccc(-c5ccnc6ccccc56)cc4)nc(-c4ccc(-c5ccnc6ccccc56)cc4)n3)cccc2c1.c1ccc2c(c1)cc(-c1nc(-c3ccc(-c4ccnc5ccccc45)cc3)nc(-c3ccc(-c4ccnc5ccccc45)cc3)n1)c1ccccc12.c1ccc2cc(-c3nc(-c4ccc(-c5ccnc6ccccc56)cc4)nc(-c4ccc(-c5ccnc6ccccc56)cc4)n3)ccc2c1.